The molecule has 0 spiro atoms. The van der Waals surface area contributed by atoms with Crippen LogP contribution in [0.5, 0.6) is 0 Å². The van der Waals surface area contributed by atoms with Crippen LogP contribution in [0.2, 0.25) is 0 Å². The summed E-state index contributed by atoms with van der Waals surface area (Å²) in [7, 11) is 1.77. The van der Waals surface area contributed by atoms with Crippen LogP contribution >= 0.6 is 12.2 Å². The molecule has 3 aromatic rings. The van der Waals surface area contributed by atoms with E-state index in [4.69, 9.17) is 12.2 Å². The lowest BCUT2D eigenvalue weighted by Crippen LogP contribution is -2.45. The molecule has 2 aliphatic rings. The topological polar surface area (TPSA) is 88.7 Å². The second-order valence-corrected chi connectivity index (χ2v) is 12.2. The van der Waals surface area contributed by atoms with Crippen LogP contribution in [-0.4, -0.2) is 66.5 Å². The molecule has 244 valence electrons. The average molecular weight is 653 g/mol. The summed E-state index contributed by atoms with van der Waals surface area (Å²) in [5.74, 6) is -0.564. The maximum atomic E-state index is 13.9. The summed E-state index contributed by atoms with van der Waals surface area (Å²) in [5, 5.41) is 11.8. The number of aryl methyl sites for hydroxylation is 1. The van der Waals surface area contributed by atoms with Gasteiger partial charge in [-0.15, -0.1) is 0 Å². The number of halogens is 3. The third-order valence-electron chi connectivity index (χ3n) is 8.43. The maximum absolute atomic E-state index is 13.9. The molecule has 5 rings (SSSR count). The van der Waals surface area contributed by atoms with Gasteiger partial charge < -0.3 is 26.2 Å². The minimum absolute atomic E-state index is 0.0285. The second kappa shape index (κ2) is 14.2. The molecule has 1 saturated heterocycles. The van der Waals surface area contributed by atoms with Crippen molar-refractivity contribution in [2.75, 3.05) is 55.7 Å². The molecule has 0 radical (unpaired) electrons. The van der Waals surface area contributed by atoms with Crippen LogP contribution in [0, 0.1) is 12.8 Å². The zero-order valence-electron chi connectivity index (χ0n) is 26.2. The van der Waals surface area contributed by atoms with Crippen LogP contribution in [0.1, 0.15) is 46.8 Å². The predicted octanol–water partition coefficient (Wildman–Crippen LogP) is 6.34. The van der Waals surface area contributed by atoms with Crippen molar-refractivity contribution in [2.45, 2.75) is 39.4 Å². The van der Waals surface area contributed by atoms with E-state index in [1.54, 1.807) is 25.2 Å². The molecule has 3 aromatic carbocycles. The summed E-state index contributed by atoms with van der Waals surface area (Å²) in [6.45, 7) is 8.62. The molecule has 1 heterocycles. The number of carbonyl (C=O) groups excluding carboxylic acids is 2. The quantitative estimate of drug-likeness (QED) is 0.201. The summed E-state index contributed by atoms with van der Waals surface area (Å²) in [6, 6.07) is 14.6. The number of hydrogen-bond donors (Lipinski definition) is 4. The molecule has 0 unspecified atom stereocenters. The number of nitrogens with one attached hydrogen (secondary N) is 4. The first-order chi connectivity index (χ1) is 21.9. The van der Waals surface area contributed by atoms with Crippen molar-refractivity contribution in [3.05, 3.63) is 76.9 Å². The number of alkyl halides is 3. The van der Waals surface area contributed by atoms with Gasteiger partial charge in [-0.3, -0.25) is 14.5 Å². The highest BCUT2D eigenvalue weighted by molar-refractivity contribution is 7.80. The van der Waals surface area contributed by atoms with Crippen LogP contribution in [0.3, 0.4) is 0 Å². The molecule has 46 heavy (non-hydrogen) atoms. The SMILES string of the molecule is CCN1CCN(Cc2cc(NC(=O)c3ccc(C)c(-c4ccc(NC(=S)NC(=O)C5CC5)c(NC)c4)c3)cc(C(F)(F)F)c2)CC1. The lowest BCUT2D eigenvalue weighted by molar-refractivity contribution is -0.137. The van der Waals surface area contributed by atoms with E-state index >= 15 is 0 Å². The summed E-state index contributed by atoms with van der Waals surface area (Å²) in [5.41, 5.74) is 4.03. The van der Waals surface area contributed by atoms with Crippen molar-refractivity contribution in [1.82, 2.24) is 15.1 Å². The van der Waals surface area contributed by atoms with E-state index < -0.39 is 17.6 Å². The third kappa shape index (κ3) is 8.42. The molecule has 2 fully saturated rings. The Hall–Kier alpha value is -4.00. The van der Waals surface area contributed by atoms with Crippen molar-refractivity contribution in [1.29, 1.82) is 0 Å². The number of nitrogens with zero attached hydrogens (tertiary/aromatic N) is 2. The Labute approximate surface area is 272 Å². The average Bonchev–Trinajstić information content (AvgIpc) is 3.87. The molecule has 0 aromatic heterocycles. The normalized spacial score (nSPS) is 15.7. The van der Waals surface area contributed by atoms with Crippen LogP contribution in [0.25, 0.3) is 11.1 Å². The molecule has 1 aliphatic heterocycles. The van der Waals surface area contributed by atoms with Crippen LogP contribution < -0.4 is 21.3 Å². The predicted molar refractivity (Wildman–Crippen MR) is 180 cm³/mol. The van der Waals surface area contributed by atoms with E-state index in [2.05, 4.69) is 38.0 Å². The maximum Gasteiger partial charge on any atom is 0.416 e. The Balaban J connectivity index is 1.33. The minimum Gasteiger partial charge on any atom is -0.386 e. The summed E-state index contributed by atoms with van der Waals surface area (Å²) in [6.07, 6.45) is -2.80. The molecular weight excluding hydrogens is 613 g/mol. The first kappa shape index (κ1) is 33.4. The Kier molecular flexibility index (Phi) is 10.3. The number of carbonyl (C=O) groups is 2. The smallest absolute Gasteiger partial charge is 0.386 e. The number of rotatable bonds is 9. The summed E-state index contributed by atoms with van der Waals surface area (Å²) < 4.78 is 41.6. The lowest BCUT2D eigenvalue weighted by atomic mass is 9.97. The third-order valence-corrected chi connectivity index (χ3v) is 8.63. The molecule has 4 N–H and O–H groups in total. The zero-order chi connectivity index (χ0) is 33.0. The Morgan fingerprint density at radius 2 is 1.63 bits per heavy atom. The Morgan fingerprint density at radius 3 is 2.28 bits per heavy atom. The van der Waals surface area contributed by atoms with Crippen molar-refractivity contribution in [2.24, 2.45) is 5.92 Å². The number of piperazine rings is 1. The monoisotopic (exact) mass is 652 g/mol. The molecule has 2 amide bonds. The van der Waals surface area contributed by atoms with Crippen LogP contribution in [0.4, 0.5) is 30.2 Å². The number of benzene rings is 3. The Morgan fingerprint density at radius 1 is 0.913 bits per heavy atom. The fraction of sp³-hybridized carbons (Fsp3) is 0.382. The van der Waals surface area contributed by atoms with E-state index in [1.165, 1.54) is 0 Å². The zero-order valence-corrected chi connectivity index (χ0v) is 27.0. The minimum atomic E-state index is -4.55. The first-order valence-corrected chi connectivity index (χ1v) is 15.9. The number of anilines is 3. The standard InChI is InChI=1S/C34H39F3N6O2S/c1-4-42-11-13-43(14-12-42)20-22-15-26(34(35,36)37)19-27(16-22)39-32(45)25-6-5-21(2)28(17-25)24-9-10-29(30(18-24)38-3)40-33(46)41-31(44)23-7-8-23/h5-6,9-10,15-19,23,38H,4,7-8,11-14,20H2,1-3H3,(H,39,45)(H2,40,41,44,46). The van der Waals surface area contributed by atoms with Gasteiger partial charge in [0.25, 0.3) is 5.91 Å². The number of thiocarbonyl (C=S) groups is 1. The van der Waals surface area contributed by atoms with Gasteiger partial charge >= 0.3 is 6.18 Å². The van der Waals surface area contributed by atoms with Gasteiger partial charge in [0.1, 0.15) is 0 Å². The largest absolute Gasteiger partial charge is 0.416 e. The molecule has 0 atom stereocenters. The number of likely N-dealkylation sites (N-methyl/N-ethyl adjacent to an activating group) is 1. The van der Waals surface area contributed by atoms with Gasteiger partial charge in [-0.1, -0.05) is 19.1 Å². The molecular formula is C34H39F3N6O2S. The molecule has 0 bridgehead atoms. The van der Waals surface area contributed by atoms with Gasteiger partial charge in [0, 0.05) is 56.9 Å². The molecule has 1 saturated carbocycles. The number of amides is 2. The van der Waals surface area contributed by atoms with E-state index in [1.807, 2.05) is 31.2 Å². The van der Waals surface area contributed by atoms with Gasteiger partial charge in [0.15, 0.2) is 5.11 Å². The van der Waals surface area contributed by atoms with Crippen molar-refractivity contribution in [3.8, 4) is 11.1 Å². The van der Waals surface area contributed by atoms with Gasteiger partial charge in [-0.2, -0.15) is 13.2 Å². The highest BCUT2D eigenvalue weighted by Crippen LogP contribution is 2.34. The highest BCUT2D eigenvalue weighted by Gasteiger charge is 2.32. The second-order valence-electron chi connectivity index (χ2n) is 11.8. The number of hydrogen-bond acceptors (Lipinski definition) is 6. The van der Waals surface area contributed by atoms with Crippen molar-refractivity contribution >= 4 is 46.2 Å². The van der Waals surface area contributed by atoms with Crippen LogP contribution in [-0.2, 0) is 17.5 Å². The van der Waals surface area contributed by atoms with Crippen molar-refractivity contribution < 1.29 is 22.8 Å². The van der Waals surface area contributed by atoms with Gasteiger partial charge in [0.05, 0.1) is 16.9 Å². The van der Waals surface area contributed by atoms with E-state index in [-0.39, 0.29) is 22.6 Å². The van der Waals surface area contributed by atoms with Crippen molar-refractivity contribution in [3.63, 3.8) is 0 Å². The highest BCUT2D eigenvalue weighted by atomic mass is 32.1. The van der Waals surface area contributed by atoms with Gasteiger partial charge in [-0.25, -0.2) is 0 Å². The molecule has 1 aliphatic carbocycles. The molecule has 12 heteroatoms. The fourth-order valence-electron chi connectivity index (χ4n) is 5.56. The van der Waals surface area contributed by atoms with Crippen LogP contribution in [0.15, 0.2) is 54.6 Å². The van der Waals surface area contributed by atoms with Gasteiger partial charge in [-0.05, 0) is 103 Å². The van der Waals surface area contributed by atoms with E-state index in [0.717, 1.165) is 80.1 Å². The lowest BCUT2D eigenvalue weighted by Gasteiger charge is -2.34. The Bertz CT molecular complexity index is 1620. The molecule has 8 nitrogen and oxygen atoms in total. The van der Waals surface area contributed by atoms with E-state index in [0.29, 0.717) is 23.4 Å². The van der Waals surface area contributed by atoms with Gasteiger partial charge in [0.2, 0.25) is 5.91 Å². The first-order valence-electron chi connectivity index (χ1n) is 15.5. The fourth-order valence-corrected chi connectivity index (χ4v) is 5.77. The summed E-state index contributed by atoms with van der Waals surface area (Å²) >= 11 is 5.32. The van der Waals surface area contributed by atoms with E-state index in [9.17, 15) is 22.8 Å². The summed E-state index contributed by atoms with van der Waals surface area (Å²) in [4.78, 5) is 29.9.